The van der Waals surface area contributed by atoms with Crippen molar-refractivity contribution in [3.63, 3.8) is 0 Å². The van der Waals surface area contributed by atoms with Crippen LogP contribution >= 0.6 is 0 Å². The molecular weight excluding hydrogens is 671 g/mol. The molecule has 1 fully saturated rings. The lowest BCUT2D eigenvalue weighted by Gasteiger charge is -2.35. The summed E-state index contributed by atoms with van der Waals surface area (Å²) in [5.41, 5.74) is 9.64. The summed E-state index contributed by atoms with van der Waals surface area (Å²) >= 11 is 0. The molecule has 5 aromatic rings. The van der Waals surface area contributed by atoms with E-state index in [2.05, 4.69) is 69.7 Å². The van der Waals surface area contributed by atoms with Gasteiger partial charge in [-0.3, -0.25) is 4.21 Å². The summed E-state index contributed by atoms with van der Waals surface area (Å²) < 4.78 is 32.8. The number of allylic oxidation sites excluding steroid dienone is 1. The lowest BCUT2D eigenvalue weighted by molar-refractivity contribution is -0.0276. The maximum atomic E-state index is 13.6. The van der Waals surface area contributed by atoms with Crippen LogP contribution in [0.25, 0.3) is 33.8 Å². The van der Waals surface area contributed by atoms with E-state index in [0.29, 0.717) is 24.9 Å². The van der Waals surface area contributed by atoms with Crippen molar-refractivity contribution in [1.82, 2.24) is 19.5 Å². The number of aryl methyl sites for hydroxylation is 2. The highest BCUT2D eigenvalue weighted by atomic mass is 32.2. The number of aromatic amines is 1. The van der Waals surface area contributed by atoms with Crippen molar-refractivity contribution >= 4 is 39.2 Å². The minimum atomic E-state index is -1.21. The minimum absolute atomic E-state index is 0.440. The Bertz CT molecular complexity index is 2010. The summed E-state index contributed by atoms with van der Waals surface area (Å²) in [4.78, 5) is 16.5. The standard InChI is InChI=1S/C42H51N5O4S/c1-4-6-19-49-20-21-51-36-12-9-32(10-13-36)33-11-16-40-35(22-33)23-34(8-7-18-46(40)25-31-26-50-27-31)42-44-38-15-14-37(24-39(38)45-42)52(48)28-41-30(3)43-29-47(41)17-5-2/h9-16,22-24,29,31H,4-8,17-21,25-28H2,1-3H3,(H,44,45)/b34-23+/t52-/m1/s1. The molecule has 0 radical (unpaired) electrons. The smallest absolute Gasteiger partial charge is 0.134 e. The van der Waals surface area contributed by atoms with Gasteiger partial charge in [-0.2, -0.15) is 0 Å². The van der Waals surface area contributed by atoms with Gasteiger partial charge in [-0.05, 0) is 103 Å². The van der Waals surface area contributed by atoms with Gasteiger partial charge in [0.15, 0.2) is 0 Å². The summed E-state index contributed by atoms with van der Waals surface area (Å²) in [7, 11) is -1.21. The second-order valence-electron chi connectivity index (χ2n) is 14.0. The summed E-state index contributed by atoms with van der Waals surface area (Å²) in [6.45, 7) is 12.7. The number of ether oxygens (including phenoxy) is 3. The van der Waals surface area contributed by atoms with E-state index in [1.165, 1.54) is 16.8 Å². The predicted octanol–water partition coefficient (Wildman–Crippen LogP) is 8.44. The van der Waals surface area contributed by atoms with Gasteiger partial charge in [0.25, 0.3) is 0 Å². The number of nitrogens with zero attached hydrogens (tertiary/aromatic N) is 4. The Hall–Kier alpha value is -4.25. The SMILES string of the molecule is CCCCOCCOc1ccc(-c2ccc3c(c2)/C=C(/c2nc4ccc([S@](=O)Cc5c(C)ncn5CCC)cc4[nH]2)CCCN3CC2COC2)cc1. The van der Waals surface area contributed by atoms with Gasteiger partial charge in [0.05, 0.1) is 65.1 Å². The van der Waals surface area contributed by atoms with Crippen molar-refractivity contribution in [3.8, 4) is 16.9 Å². The number of hydrogen-bond acceptors (Lipinski definition) is 7. The second kappa shape index (κ2) is 17.1. The highest BCUT2D eigenvalue weighted by Gasteiger charge is 2.25. The molecule has 0 amide bonds. The number of hydrogen-bond donors (Lipinski definition) is 1. The Labute approximate surface area is 309 Å². The van der Waals surface area contributed by atoms with Crippen LogP contribution in [-0.2, 0) is 32.6 Å². The van der Waals surface area contributed by atoms with Crippen LogP contribution in [0.3, 0.4) is 0 Å². The molecule has 3 aromatic carbocycles. The molecule has 52 heavy (non-hydrogen) atoms. The molecule has 274 valence electrons. The third kappa shape index (κ3) is 8.51. The number of aromatic nitrogens is 4. The van der Waals surface area contributed by atoms with E-state index in [-0.39, 0.29) is 0 Å². The molecule has 0 saturated carbocycles. The van der Waals surface area contributed by atoms with Crippen LogP contribution in [0.4, 0.5) is 5.69 Å². The van der Waals surface area contributed by atoms with Gasteiger partial charge in [0.1, 0.15) is 18.2 Å². The molecule has 0 aliphatic carbocycles. The zero-order valence-electron chi connectivity index (χ0n) is 30.7. The van der Waals surface area contributed by atoms with E-state index in [4.69, 9.17) is 19.2 Å². The summed E-state index contributed by atoms with van der Waals surface area (Å²) in [6.07, 6.45) is 9.30. The topological polar surface area (TPSA) is 94.5 Å². The van der Waals surface area contributed by atoms with E-state index in [1.54, 1.807) is 0 Å². The number of nitrogens with one attached hydrogen (secondary N) is 1. The normalized spacial score (nSPS) is 16.5. The molecule has 2 aromatic heterocycles. The third-order valence-electron chi connectivity index (χ3n) is 9.99. The van der Waals surface area contributed by atoms with Gasteiger partial charge in [0.2, 0.25) is 0 Å². The lowest BCUT2D eigenvalue weighted by Crippen LogP contribution is -2.40. The monoisotopic (exact) mass is 721 g/mol. The Morgan fingerprint density at radius 3 is 2.62 bits per heavy atom. The van der Waals surface area contributed by atoms with Gasteiger partial charge in [0, 0.05) is 42.7 Å². The Kier molecular flexibility index (Phi) is 11.8. The highest BCUT2D eigenvalue weighted by Crippen LogP contribution is 2.36. The molecule has 2 aliphatic heterocycles. The van der Waals surface area contributed by atoms with E-state index in [1.807, 2.05) is 43.6 Å². The summed E-state index contributed by atoms with van der Waals surface area (Å²) in [5, 5.41) is 0. The van der Waals surface area contributed by atoms with Crippen molar-refractivity contribution in [3.05, 3.63) is 89.8 Å². The molecule has 0 bridgehead atoms. The quantitative estimate of drug-likeness (QED) is 0.102. The Balaban J connectivity index is 1.14. The van der Waals surface area contributed by atoms with Crippen molar-refractivity contribution in [2.75, 3.05) is 51.0 Å². The van der Waals surface area contributed by atoms with Crippen LogP contribution < -0.4 is 9.64 Å². The van der Waals surface area contributed by atoms with Gasteiger partial charge in [-0.25, -0.2) is 9.97 Å². The largest absolute Gasteiger partial charge is 0.491 e. The minimum Gasteiger partial charge on any atom is -0.491 e. The van der Waals surface area contributed by atoms with Crippen LogP contribution in [0.2, 0.25) is 0 Å². The molecule has 9 nitrogen and oxygen atoms in total. The second-order valence-corrected chi connectivity index (χ2v) is 15.4. The number of fused-ring (bicyclic) bond motifs is 2. The van der Waals surface area contributed by atoms with E-state index < -0.39 is 10.8 Å². The van der Waals surface area contributed by atoms with Crippen LogP contribution in [-0.4, -0.2) is 69.9 Å². The fourth-order valence-corrected chi connectivity index (χ4v) is 8.24. The van der Waals surface area contributed by atoms with Crippen LogP contribution in [0.5, 0.6) is 5.75 Å². The first kappa shape index (κ1) is 36.1. The fourth-order valence-electron chi connectivity index (χ4n) is 6.99. The molecular formula is C42H51N5O4S. The van der Waals surface area contributed by atoms with Crippen molar-refractivity contribution in [2.45, 2.75) is 70.1 Å². The summed E-state index contributed by atoms with van der Waals surface area (Å²) in [5.74, 6) is 2.72. The van der Waals surface area contributed by atoms with Crippen LogP contribution in [0.1, 0.15) is 68.7 Å². The summed E-state index contributed by atoms with van der Waals surface area (Å²) in [6, 6.07) is 21.1. The average Bonchev–Trinajstić information content (AvgIpc) is 3.71. The predicted molar refractivity (Wildman–Crippen MR) is 210 cm³/mol. The molecule has 4 heterocycles. The molecule has 0 unspecified atom stereocenters. The fraction of sp³-hybridized carbons (Fsp3) is 0.429. The van der Waals surface area contributed by atoms with Gasteiger partial charge < -0.3 is 28.7 Å². The number of unbranched alkanes of at least 4 members (excludes halogenated alkanes) is 1. The first-order valence-electron chi connectivity index (χ1n) is 18.9. The maximum Gasteiger partial charge on any atom is 0.134 e. The van der Waals surface area contributed by atoms with Crippen molar-refractivity contribution in [2.24, 2.45) is 5.92 Å². The highest BCUT2D eigenvalue weighted by molar-refractivity contribution is 7.84. The first-order chi connectivity index (χ1) is 25.5. The number of anilines is 1. The van der Waals surface area contributed by atoms with E-state index in [0.717, 1.165) is 122 Å². The van der Waals surface area contributed by atoms with Crippen LogP contribution in [0, 0.1) is 12.8 Å². The van der Waals surface area contributed by atoms with Crippen LogP contribution in [0.15, 0.2) is 71.9 Å². The Morgan fingerprint density at radius 2 is 1.83 bits per heavy atom. The molecule has 1 N–H and O–H groups in total. The van der Waals surface area contributed by atoms with E-state index in [9.17, 15) is 4.21 Å². The Morgan fingerprint density at radius 1 is 0.981 bits per heavy atom. The molecule has 2 aliphatic rings. The number of rotatable bonds is 16. The average molecular weight is 722 g/mol. The molecule has 0 spiro atoms. The molecule has 10 heteroatoms. The zero-order valence-corrected chi connectivity index (χ0v) is 31.6. The maximum absolute atomic E-state index is 13.6. The lowest BCUT2D eigenvalue weighted by atomic mass is 9.95. The van der Waals surface area contributed by atoms with Gasteiger partial charge in [-0.1, -0.05) is 38.5 Å². The number of imidazole rings is 2. The molecule has 1 atom stereocenters. The molecule has 1 saturated heterocycles. The van der Waals surface area contributed by atoms with Gasteiger partial charge in [-0.15, -0.1) is 0 Å². The first-order valence-corrected chi connectivity index (χ1v) is 20.2. The molecule has 7 rings (SSSR count). The number of H-pyrrole nitrogens is 1. The third-order valence-corrected chi connectivity index (χ3v) is 11.3. The number of benzene rings is 3. The van der Waals surface area contributed by atoms with Gasteiger partial charge >= 0.3 is 0 Å². The van der Waals surface area contributed by atoms with Crippen molar-refractivity contribution < 1.29 is 18.4 Å². The van der Waals surface area contributed by atoms with Crippen molar-refractivity contribution in [1.29, 1.82) is 0 Å². The van der Waals surface area contributed by atoms with E-state index >= 15 is 0 Å². The zero-order chi connectivity index (χ0) is 35.9.